The SMILES string of the molecule is CC(N)CC(=O)N[C@H](C)c1cccc(Cl)c1. The fraction of sp³-hybridized carbons (Fsp3) is 0.417. The Morgan fingerprint density at radius 1 is 1.50 bits per heavy atom. The summed E-state index contributed by atoms with van der Waals surface area (Å²) in [5.41, 5.74) is 6.54. The van der Waals surface area contributed by atoms with Crippen LogP contribution >= 0.6 is 11.6 Å². The minimum absolute atomic E-state index is 0.0394. The summed E-state index contributed by atoms with van der Waals surface area (Å²) in [5, 5.41) is 3.55. The Bertz CT molecular complexity index is 366. The summed E-state index contributed by atoms with van der Waals surface area (Å²) in [4.78, 5) is 11.5. The van der Waals surface area contributed by atoms with E-state index >= 15 is 0 Å². The second-order valence-electron chi connectivity index (χ2n) is 4.03. The zero-order valence-corrected chi connectivity index (χ0v) is 10.3. The van der Waals surface area contributed by atoms with Gasteiger partial charge in [-0.3, -0.25) is 4.79 Å². The minimum atomic E-state index is -0.119. The molecule has 1 aromatic rings. The van der Waals surface area contributed by atoms with Crippen LogP contribution in [0.4, 0.5) is 0 Å². The third kappa shape index (κ3) is 4.21. The van der Waals surface area contributed by atoms with E-state index in [1.165, 1.54) is 0 Å². The van der Waals surface area contributed by atoms with Gasteiger partial charge in [-0.2, -0.15) is 0 Å². The normalized spacial score (nSPS) is 14.2. The molecule has 0 aliphatic rings. The summed E-state index contributed by atoms with van der Waals surface area (Å²) in [6, 6.07) is 7.28. The van der Waals surface area contributed by atoms with Gasteiger partial charge in [-0.25, -0.2) is 0 Å². The number of halogens is 1. The Hall–Kier alpha value is -1.06. The van der Waals surface area contributed by atoms with Gasteiger partial charge in [0, 0.05) is 17.5 Å². The maximum absolute atomic E-state index is 11.5. The summed E-state index contributed by atoms with van der Waals surface area (Å²) in [5.74, 6) is -0.0394. The van der Waals surface area contributed by atoms with Crippen molar-refractivity contribution < 1.29 is 4.79 Å². The van der Waals surface area contributed by atoms with Crippen molar-refractivity contribution in [3.05, 3.63) is 34.9 Å². The maximum Gasteiger partial charge on any atom is 0.222 e. The molecule has 2 atom stereocenters. The fourth-order valence-electron chi connectivity index (χ4n) is 1.45. The van der Waals surface area contributed by atoms with Gasteiger partial charge >= 0.3 is 0 Å². The van der Waals surface area contributed by atoms with E-state index < -0.39 is 0 Å². The molecular formula is C12H17ClN2O. The van der Waals surface area contributed by atoms with E-state index in [2.05, 4.69) is 5.32 Å². The van der Waals surface area contributed by atoms with Crippen LogP contribution in [0.5, 0.6) is 0 Å². The molecule has 0 radical (unpaired) electrons. The first-order valence-electron chi connectivity index (χ1n) is 5.29. The van der Waals surface area contributed by atoms with E-state index in [4.69, 9.17) is 17.3 Å². The molecule has 88 valence electrons. The summed E-state index contributed by atoms with van der Waals surface area (Å²) in [7, 11) is 0. The second-order valence-corrected chi connectivity index (χ2v) is 4.46. The molecule has 0 aliphatic carbocycles. The molecule has 4 heteroatoms. The largest absolute Gasteiger partial charge is 0.350 e. The number of hydrogen-bond donors (Lipinski definition) is 2. The number of hydrogen-bond acceptors (Lipinski definition) is 2. The maximum atomic E-state index is 11.5. The molecule has 0 bridgehead atoms. The van der Waals surface area contributed by atoms with Crippen LogP contribution in [-0.2, 0) is 4.79 Å². The summed E-state index contributed by atoms with van der Waals surface area (Å²) in [6.45, 7) is 3.73. The molecule has 3 N–H and O–H groups in total. The van der Waals surface area contributed by atoms with Crippen molar-refractivity contribution in [3.63, 3.8) is 0 Å². The highest BCUT2D eigenvalue weighted by Crippen LogP contribution is 2.17. The minimum Gasteiger partial charge on any atom is -0.350 e. The molecule has 1 aromatic carbocycles. The van der Waals surface area contributed by atoms with Crippen LogP contribution in [0.3, 0.4) is 0 Å². The molecule has 1 amide bonds. The number of benzene rings is 1. The Morgan fingerprint density at radius 3 is 2.75 bits per heavy atom. The van der Waals surface area contributed by atoms with Crippen molar-refractivity contribution in [2.45, 2.75) is 32.4 Å². The molecule has 0 heterocycles. The van der Waals surface area contributed by atoms with Gasteiger partial charge in [0.1, 0.15) is 0 Å². The first kappa shape index (κ1) is 13.0. The third-order valence-electron chi connectivity index (χ3n) is 2.23. The van der Waals surface area contributed by atoms with Crippen LogP contribution < -0.4 is 11.1 Å². The summed E-state index contributed by atoms with van der Waals surface area (Å²) in [6.07, 6.45) is 0.338. The molecule has 1 rings (SSSR count). The standard InChI is InChI=1S/C12H17ClN2O/c1-8(14)6-12(16)15-9(2)10-4-3-5-11(13)7-10/h3-5,7-9H,6,14H2,1-2H3,(H,15,16)/t8?,9-/m1/s1. The van der Waals surface area contributed by atoms with Crippen molar-refractivity contribution in [2.75, 3.05) is 0 Å². The van der Waals surface area contributed by atoms with Crippen LogP contribution in [0.25, 0.3) is 0 Å². The molecule has 16 heavy (non-hydrogen) atoms. The first-order valence-corrected chi connectivity index (χ1v) is 5.67. The van der Waals surface area contributed by atoms with Crippen LogP contribution in [-0.4, -0.2) is 11.9 Å². The van der Waals surface area contributed by atoms with Crippen LogP contribution in [0.2, 0.25) is 5.02 Å². The number of carbonyl (C=O) groups is 1. The van der Waals surface area contributed by atoms with Gasteiger partial charge in [0.2, 0.25) is 5.91 Å². The van der Waals surface area contributed by atoms with E-state index in [1.807, 2.05) is 38.1 Å². The van der Waals surface area contributed by atoms with E-state index in [9.17, 15) is 4.79 Å². The molecule has 0 fully saturated rings. The van der Waals surface area contributed by atoms with Crippen molar-refractivity contribution in [1.82, 2.24) is 5.32 Å². The lowest BCUT2D eigenvalue weighted by Crippen LogP contribution is -2.31. The van der Waals surface area contributed by atoms with Crippen molar-refractivity contribution in [3.8, 4) is 0 Å². The molecule has 0 spiro atoms. The van der Waals surface area contributed by atoms with Gasteiger partial charge in [0.25, 0.3) is 0 Å². The average molecular weight is 241 g/mol. The Balaban J connectivity index is 2.58. The Kier molecular flexibility index (Phi) is 4.77. The number of nitrogens with one attached hydrogen (secondary N) is 1. The molecule has 0 saturated carbocycles. The van der Waals surface area contributed by atoms with Gasteiger partial charge in [0.15, 0.2) is 0 Å². The highest BCUT2D eigenvalue weighted by atomic mass is 35.5. The van der Waals surface area contributed by atoms with Gasteiger partial charge in [-0.1, -0.05) is 23.7 Å². The summed E-state index contributed by atoms with van der Waals surface area (Å²) < 4.78 is 0. The van der Waals surface area contributed by atoms with Gasteiger partial charge in [-0.15, -0.1) is 0 Å². The van der Waals surface area contributed by atoms with E-state index in [-0.39, 0.29) is 18.0 Å². The number of nitrogens with two attached hydrogens (primary N) is 1. The third-order valence-corrected chi connectivity index (χ3v) is 2.47. The Morgan fingerprint density at radius 2 is 2.19 bits per heavy atom. The van der Waals surface area contributed by atoms with Crippen LogP contribution in [0.15, 0.2) is 24.3 Å². The van der Waals surface area contributed by atoms with E-state index in [0.29, 0.717) is 11.4 Å². The Labute approximate surface area is 101 Å². The molecule has 0 aliphatic heterocycles. The van der Waals surface area contributed by atoms with Crippen molar-refractivity contribution in [1.29, 1.82) is 0 Å². The highest BCUT2D eigenvalue weighted by Gasteiger charge is 2.10. The van der Waals surface area contributed by atoms with Gasteiger partial charge < -0.3 is 11.1 Å². The predicted octanol–water partition coefficient (Wildman–Crippen LogP) is 2.25. The number of carbonyl (C=O) groups excluding carboxylic acids is 1. The van der Waals surface area contributed by atoms with Gasteiger partial charge in [-0.05, 0) is 31.5 Å². The zero-order valence-electron chi connectivity index (χ0n) is 9.53. The number of rotatable bonds is 4. The number of amides is 1. The second kappa shape index (κ2) is 5.87. The van der Waals surface area contributed by atoms with Crippen molar-refractivity contribution in [2.24, 2.45) is 5.73 Å². The predicted molar refractivity (Wildman–Crippen MR) is 66.3 cm³/mol. The topological polar surface area (TPSA) is 55.1 Å². The molecule has 0 saturated heterocycles. The lowest BCUT2D eigenvalue weighted by molar-refractivity contribution is -0.122. The lowest BCUT2D eigenvalue weighted by atomic mass is 10.1. The lowest BCUT2D eigenvalue weighted by Gasteiger charge is -2.15. The van der Waals surface area contributed by atoms with Crippen molar-refractivity contribution >= 4 is 17.5 Å². The first-order chi connectivity index (χ1) is 7.49. The van der Waals surface area contributed by atoms with E-state index in [0.717, 1.165) is 5.56 Å². The fourth-order valence-corrected chi connectivity index (χ4v) is 1.65. The molecule has 1 unspecified atom stereocenters. The quantitative estimate of drug-likeness (QED) is 0.848. The smallest absolute Gasteiger partial charge is 0.222 e. The molecular weight excluding hydrogens is 224 g/mol. The van der Waals surface area contributed by atoms with Crippen LogP contribution in [0.1, 0.15) is 31.9 Å². The summed E-state index contributed by atoms with van der Waals surface area (Å²) >= 11 is 5.88. The van der Waals surface area contributed by atoms with Gasteiger partial charge in [0.05, 0.1) is 6.04 Å². The van der Waals surface area contributed by atoms with Crippen LogP contribution in [0, 0.1) is 0 Å². The average Bonchev–Trinajstić information content (AvgIpc) is 2.16. The monoisotopic (exact) mass is 240 g/mol. The molecule has 3 nitrogen and oxygen atoms in total. The van der Waals surface area contributed by atoms with E-state index in [1.54, 1.807) is 0 Å². The highest BCUT2D eigenvalue weighted by molar-refractivity contribution is 6.30. The zero-order chi connectivity index (χ0) is 12.1. The molecule has 0 aromatic heterocycles.